The number of nitrogens with one attached hydrogen (secondary N) is 1. The molecule has 0 radical (unpaired) electrons. The average Bonchev–Trinajstić information content (AvgIpc) is 2.70. The maximum absolute atomic E-state index is 12.6. The minimum atomic E-state index is -0.105. The van der Waals surface area contributed by atoms with Gasteiger partial charge in [0.2, 0.25) is 0 Å². The number of hydrogen-bond donors (Lipinski definition) is 1. The predicted molar refractivity (Wildman–Crippen MR) is 111 cm³/mol. The van der Waals surface area contributed by atoms with Gasteiger partial charge >= 0.3 is 6.03 Å². The molecule has 2 amide bonds. The number of carbonyl (C=O) groups excluding carboxylic acids is 1. The molecule has 6 nitrogen and oxygen atoms in total. The SMILES string of the molecule is CCOc1ccccc1NC(=O)N1CCN(Cc2cc(Cl)ccc2OC)CC1. The molecule has 0 bridgehead atoms. The van der Waals surface area contributed by atoms with E-state index in [1.807, 2.05) is 54.3 Å². The van der Waals surface area contributed by atoms with Gasteiger partial charge in [0.25, 0.3) is 0 Å². The summed E-state index contributed by atoms with van der Waals surface area (Å²) in [4.78, 5) is 16.8. The number of anilines is 1. The van der Waals surface area contributed by atoms with Crippen molar-refractivity contribution in [3.05, 3.63) is 53.1 Å². The van der Waals surface area contributed by atoms with Crippen LogP contribution in [0.2, 0.25) is 5.02 Å². The van der Waals surface area contributed by atoms with Crippen molar-refractivity contribution in [2.24, 2.45) is 0 Å². The Kier molecular flexibility index (Phi) is 7.01. The first-order chi connectivity index (χ1) is 13.6. The molecule has 1 saturated heterocycles. The molecule has 3 rings (SSSR count). The van der Waals surface area contributed by atoms with Gasteiger partial charge in [0, 0.05) is 43.3 Å². The molecule has 0 atom stereocenters. The maximum Gasteiger partial charge on any atom is 0.322 e. The topological polar surface area (TPSA) is 54.0 Å². The molecule has 1 N–H and O–H groups in total. The van der Waals surface area contributed by atoms with Gasteiger partial charge < -0.3 is 19.7 Å². The first-order valence-electron chi connectivity index (χ1n) is 9.43. The van der Waals surface area contributed by atoms with Crippen molar-refractivity contribution < 1.29 is 14.3 Å². The van der Waals surface area contributed by atoms with Crippen LogP contribution in [-0.2, 0) is 6.54 Å². The second-order valence-corrected chi connectivity index (χ2v) is 7.02. The van der Waals surface area contributed by atoms with Crippen molar-refractivity contribution in [1.29, 1.82) is 0 Å². The molecule has 1 aliphatic heterocycles. The van der Waals surface area contributed by atoms with Crippen LogP contribution in [0.25, 0.3) is 0 Å². The molecule has 1 heterocycles. The molecule has 0 saturated carbocycles. The quantitative estimate of drug-likeness (QED) is 0.789. The Morgan fingerprint density at radius 3 is 2.57 bits per heavy atom. The first kappa shape index (κ1) is 20.3. The van der Waals surface area contributed by atoms with E-state index in [2.05, 4.69) is 10.2 Å². The van der Waals surface area contributed by atoms with Gasteiger partial charge in [-0.3, -0.25) is 4.90 Å². The fourth-order valence-corrected chi connectivity index (χ4v) is 3.46. The number of nitrogens with zero attached hydrogens (tertiary/aromatic N) is 2. The van der Waals surface area contributed by atoms with E-state index in [0.717, 1.165) is 30.9 Å². The molecule has 2 aromatic carbocycles. The smallest absolute Gasteiger partial charge is 0.322 e. The molecule has 1 fully saturated rings. The first-order valence-corrected chi connectivity index (χ1v) is 9.81. The van der Waals surface area contributed by atoms with Gasteiger partial charge in [0.1, 0.15) is 11.5 Å². The summed E-state index contributed by atoms with van der Waals surface area (Å²) >= 11 is 6.12. The summed E-state index contributed by atoms with van der Waals surface area (Å²) in [5, 5.41) is 3.66. The van der Waals surface area contributed by atoms with Crippen molar-refractivity contribution in [2.45, 2.75) is 13.5 Å². The minimum absolute atomic E-state index is 0.105. The summed E-state index contributed by atoms with van der Waals surface area (Å²) in [5.74, 6) is 1.52. The number of ether oxygens (including phenoxy) is 2. The molecule has 28 heavy (non-hydrogen) atoms. The van der Waals surface area contributed by atoms with E-state index < -0.39 is 0 Å². The average molecular weight is 404 g/mol. The number of halogens is 1. The molecule has 1 aliphatic rings. The highest BCUT2D eigenvalue weighted by molar-refractivity contribution is 6.30. The zero-order valence-electron chi connectivity index (χ0n) is 16.3. The molecular weight excluding hydrogens is 378 g/mol. The Balaban J connectivity index is 1.55. The van der Waals surface area contributed by atoms with Crippen LogP contribution in [0.5, 0.6) is 11.5 Å². The number of benzene rings is 2. The predicted octanol–water partition coefficient (Wildman–Crippen LogP) is 4.10. The van der Waals surface area contributed by atoms with Crippen molar-refractivity contribution in [3.8, 4) is 11.5 Å². The molecule has 7 heteroatoms. The zero-order valence-corrected chi connectivity index (χ0v) is 17.0. The third kappa shape index (κ3) is 5.09. The van der Waals surface area contributed by atoms with Crippen LogP contribution in [0.3, 0.4) is 0 Å². The number of methoxy groups -OCH3 is 1. The molecule has 150 valence electrons. The number of urea groups is 1. The van der Waals surface area contributed by atoms with E-state index in [9.17, 15) is 4.79 Å². The van der Waals surface area contributed by atoms with Crippen LogP contribution < -0.4 is 14.8 Å². The van der Waals surface area contributed by atoms with E-state index >= 15 is 0 Å². The van der Waals surface area contributed by atoms with Crippen molar-refractivity contribution in [1.82, 2.24) is 9.80 Å². The van der Waals surface area contributed by atoms with E-state index in [0.29, 0.717) is 36.2 Å². The van der Waals surface area contributed by atoms with Gasteiger partial charge in [-0.25, -0.2) is 4.79 Å². The number of rotatable bonds is 6. The highest BCUT2D eigenvalue weighted by Crippen LogP contribution is 2.26. The number of para-hydroxylation sites is 2. The standard InChI is InChI=1S/C21H26ClN3O3/c1-3-28-20-7-5-4-6-18(20)23-21(26)25-12-10-24(11-13-25)15-16-14-17(22)8-9-19(16)27-2/h4-9,14H,3,10-13,15H2,1-2H3,(H,23,26). The second kappa shape index (κ2) is 9.66. The number of carbonyl (C=O) groups is 1. The summed E-state index contributed by atoms with van der Waals surface area (Å²) in [7, 11) is 1.66. The second-order valence-electron chi connectivity index (χ2n) is 6.58. The molecule has 0 unspecified atom stereocenters. The summed E-state index contributed by atoms with van der Waals surface area (Å²) < 4.78 is 11.0. The fourth-order valence-electron chi connectivity index (χ4n) is 3.27. The van der Waals surface area contributed by atoms with Crippen molar-refractivity contribution in [3.63, 3.8) is 0 Å². The normalized spacial score (nSPS) is 14.6. The summed E-state index contributed by atoms with van der Waals surface area (Å²) in [5.41, 5.74) is 1.75. The summed E-state index contributed by atoms with van der Waals surface area (Å²) in [6, 6.07) is 13.0. The number of amides is 2. The molecular formula is C21H26ClN3O3. The lowest BCUT2D eigenvalue weighted by Crippen LogP contribution is -2.49. The van der Waals surface area contributed by atoms with Gasteiger partial charge in [0.15, 0.2) is 0 Å². The lowest BCUT2D eigenvalue weighted by atomic mass is 10.1. The Bertz CT molecular complexity index is 807. The number of piperazine rings is 1. The molecule has 2 aromatic rings. The highest BCUT2D eigenvalue weighted by atomic mass is 35.5. The van der Waals surface area contributed by atoms with Gasteiger partial charge in [-0.05, 0) is 37.3 Å². The van der Waals surface area contributed by atoms with Crippen LogP contribution in [-0.4, -0.2) is 55.7 Å². The van der Waals surface area contributed by atoms with Crippen LogP contribution in [0.1, 0.15) is 12.5 Å². The fraction of sp³-hybridized carbons (Fsp3) is 0.381. The van der Waals surface area contributed by atoms with Gasteiger partial charge in [0.05, 0.1) is 19.4 Å². The lowest BCUT2D eigenvalue weighted by Gasteiger charge is -2.35. The van der Waals surface area contributed by atoms with Crippen LogP contribution in [0.4, 0.5) is 10.5 Å². The van der Waals surface area contributed by atoms with Crippen LogP contribution in [0.15, 0.2) is 42.5 Å². The Hall–Kier alpha value is -2.44. The van der Waals surface area contributed by atoms with E-state index in [1.165, 1.54) is 0 Å². The third-order valence-electron chi connectivity index (χ3n) is 4.72. The largest absolute Gasteiger partial charge is 0.496 e. The maximum atomic E-state index is 12.6. The minimum Gasteiger partial charge on any atom is -0.496 e. The van der Waals surface area contributed by atoms with E-state index in [1.54, 1.807) is 7.11 Å². The van der Waals surface area contributed by atoms with Crippen LogP contribution in [0, 0.1) is 0 Å². The summed E-state index contributed by atoms with van der Waals surface area (Å²) in [6.45, 7) is 6.11. The van der Waals surface area contributed by atoms with Crippen LogP contribution >= 0.6 is 11.6 Å². The van der Waals surface area contributed by atoms with E-state index in [-0.39, 0.29) is 6.03 Å². The Morgan fingerprint density at radius 1 is 1.11 bits per heavy atom. The highest BCUT2D eigenvalue weighted by Gasteiger charge is 2.22. The Morgan fingerprint density at radius 2 is 1.86 bits per heavy atom. The zero-order chi connectivity index (χ0) is 19.9. The molecule has 0 aliphatic carbocycles. The summed E-state index contributed by atoms with van der Waals surface area (Å²) in [6.07, 6.45) is 0. The lowest BCUT2D eigenvalue weighted by molar-refractivity contribution is 0.142. The third-order valence-corrected chi connectivity index (χ3v) is 4.96. The van der Waals surface area contributed by atoms with Crippen molar-refractivity contribution in [2.75, 3.05) is 45.2 Å². The van der Waals surface area contributed by atoms with Gasteiger partial charge in [-0.15, -0.1) is 0 Å². The monoisotopic (exact) mass is 403 g/mol. The van der Waals surface area contributed by atoms with E-state index in [4.69, 9.17) is 21.1 Å². The number of hydrogen-bond acceptors (Lipinski definition) is 4. The Labute approximate surface area is 171 Å². The van der Waals surface area contributed by atoms with Gasteiger partial charge in [-0.2, -0.15) is 0 Å². The van der Waals surface area contributed by atoms with Crippen molar-refractivity contribution >= 4 is 23.3 Å². The van der Waals surface area contributed by atoms with Gasteiger partial charge in [-0.1, -0.05) is 23.7 Å². The molecule has 0 spiro atoms. The molecule has 0 aromatic heterocycles.